The number of aromatic nitrogens is 2. The van der Waals surface area contributed by atoms with Crippen molar-refractivity contribution in [3.05, 3.63) is 42.0 Å². The van der Waals surface area contributed by atoms with E-state index in [1.165, 1.54) is 0 Å². The molecule has 0 aliphatic rings. The van der Waals surface area contributed by atoms with Gasteiger partial charge in [-0.05, 0) is 19.5 Å². The van der Waals surface area contributed by atoms with E-state index in [0.717, 1.165) is 42.5 Å². The number of nitrogens with zero attached hydrogens (tertiary/aromatic N) is 2. The number of ether oxygens (including phenoxy) is 2. The Kier molecular flexibility index (Phi) is 5.63. The molecule has 0 aliphatic heterocycles. The first-order valence-corrected chi connectivity index (χ1v) is 7.22. The van der Waals surface area contributed by atoms with Gasteiger partial charge in [0.15, 0.2) is 0 Å². The zero-order chi connectivity index (χ0) is 15.1. The average molecular weight is 289 g/mol. The van der Waals surface area contributed by atoms with Crippen molar-refractivity contribution < 1.29 is 9.47 Å². The van der Waals surface area contributed by atoms with E-state index in [1.807, 2.05) is 31.3 Å². The van der Waals surface area contributed by atoms with Gasteiger partial charge in [0.1, 0.15) is 23.9 Å². The van der Waals surface area contributed by atoms with Gasteiger partial charge in [-0.15, -0.1) is 0 Å². The summed E-state index contributed by atoms with van der Waals surface area (Å²) in [6.07, 6.45) is 3.77. The topological polar surface area (TPSA) is 48.3 Å². The molecule has 0 amide bonds. The lowest BCUT2D eigenvalue weighted by molar-refractivity contribution is 0.291. The zero-order valence-corrected chi connectivity index (χ0v) is 12.9. The second kappa shape index (κ2) is 7.69. The van der Waals surface area contributed by atoms with Gasteiger partial charge in [0, 0.05) is 30.6 Å². The molecule has 0 fully saturated rings. The van der Waals surface area contributed by atoms with Gasteiger partial charge in [0.25, 0.3) is 0 Å². The third kappa shape index (κ3) is 4.23. The number of aryl methyl sites for hydroxylation is 1. The molecule has 0 saturated heterocycles. The SMILES string of the molecule is CCNCc1ccc(OC)cc1OCCn1ccnc1C. The number of hydrogen-bond acceptors (Lipinski definition) is 4. The molecule has 5 heteroatoms. The summed E-state index contributed by atoms with van der Waals surface area (Å²) in [6, 6.07) is 5.94. The van der Waals surface area contributed by atoms with Crippen molar-refractivity contribution in [3.8, 4) is 11.5 Å². The summed E-state index contributed by atoms with van der Waals surface area (Å²) in [5.74, 6) is 2.68. The monoisotopic (exact) mass is 289 g/mol. The number of methoxy groups -OCH3 is 1. The maximum Gasteiger partial charge on any atom is 0.127 e. The van der Waals surface area contributed by atoms with Gasteiger partial charge in [0.05, 0.1) is 13.7 Å². The van der Waals surface area contributed by atoms with Gasteiger partial charge in [-0.3, -0.25) is 0 Å². The Morgan fingerprint density at radius 1 is 1.33 bits per heavy atom. The molecule has 1 N–H and O–H groups in total. The van der Waals surface area contributed by atoms with Crippen LogP contribution in [0.25, 0.3) is 0 Å². The standard InChI is InChI=1S/C16H23N3O2/c1-4-17-12-14-5-6-15(20-3)11-16(14)21-10-9-19-8-7-18-13(19)2/h5-8,11,17H,4,9-10,12H2,1-3H3. The molecular formula is C16H23N3O2. The van der Waals surface area contributed by atoms with Gasteiger partial charge in [-0.1, -0.05) is 13.0 Å². The van der Waals surface area contributed by atoms with E-state index in [9.17, 15) is 0 Å². The molecule has 0 bridgehead atoms. The summed E-state index contributed by atoms with van der Waals surface area (Å²) in [5, 5.41) is 3.32. The third-order valence-corrected chi connectivity index (χ3v) is 3.35. The van der Waals surface area contributed by atoms with Crippen LogP contribution in [0, 0.1) is 6.92 Å². The fourth-order valence-electron chi connectivity index (χ4n) is 2.10. The van der Waals surface area contributed by atoms with Gasteiger partial charge >= 0.3 is 0 Å². The fraction of sp³-hybridized carbons (Fsp3) is 0.438. The van der Waals surface area contributed by atoms with Crippen LogP contribution in [0.3, 0.4) is 0 Å². The minimum absolute atomic E-state index is 0.601. The molecule has 5 nitrogen and oxygen atoms in total. The quantitative estimate of drug-likeness (QED) is 0.810. The van der Waals surface area contributed by atoms with Crippen molar-refractivity contribution >= 4 is 0 Å². The first-order valence-electron chi connectivity index (χ1n) is 7.22. The van der Waals surface area contributed by atoms with Crippen molar-refractivity contribution in [1.29, 1.82) is 0 Å². The molecule has 1 heterocycles. The van der Waals surface area contributed by atoms with Crippen molar-refractivity contribution in [2.24, 2.45) is 0 Å². The van der Waals surface area contributed by atoms with Gasteiger partial charge < -0.3 is 19.4 Å². The molecule has 2 aromatic rings. The highest BCUT2D eigenvalue weighted by molar-refractivity contribution is 5.40. The van der Waals surface area contributed by atoms with Crippen LogP contribution in [0.5, 0.6) is 11.5 Å². The molecular weight excluding hydrogens is 266 g/mol. The van der Waals surface area contributed by atoms with Crippen LogP contribution in [-0.2, 0) is 13.1 Å². The Bertz CT molecular complexity index is 566. The Morgan fingerprint density at radius 2 is 2.19 bits per heavy atom. The summed E-state index contributed by atoms with van der Waals surface area (Å²) in [4.78, 5) is 4.21. The van der Waals surface area contributed by atoms with Gasteiger partial charge in [-0.25, -0.2) is 4.98 Å². The predicted octanol–water partition coefficient (Wildman–Crippen LogP) is 2.39. The van der Waals surface area contributed by atoms with Crippen LogP contribution in [-0.4, -0.2) is 29.8 Å². The minimum atomic E-state index is 0.601. The van der Waals surface area contributed by atoms with Crippen LogP contribution < -0.4 is 14.8 Å². The first kappa shape index (κ1) is 15.4. The molecule has 0 spiro atoms. The molecule has 1 aromatic heterocycles. The number of imidazole rings is 1. The van der Waals surface area contributed by atoms with E-state index in [4.69, 9.17) is 9.47 Å². The second-order valence-electron chi connectivity index (χ2n) is 4.77. The summed E-state index contributed by atoms with van der Waals surface area (Å²) in [6.45, 7) is 7.18. The van der Waals surface area contributed by atoms with E-state index < -0.39 is 0 Å². The highest BCUT2D eigenvalue weighted by Gasteiger charge is 2.06. The van der Waals surface area contributed by atoms with Gasteiger partial charge in [0.2, 0.25) is 0 Å². The number of benzene rings is 1. The van der Waals surface area contributed by atoms with Crippen LogP contribution in [0.15, 0.2) is 30.6 Å². The maximum absolute atomic E-state index is 5.94. The molecule has 0 radical (unpaired) electrons. The number of hydrogen-bond donors (Lipinski definition) is 1. The second-order valence-corrected chi connectivity index (χ2v) is 4.77. The summed E-state index contributed by atoms with van der Waals surface area (Å²) in [5.41, 5.74) is 1.14. The summed E-state index contributed by atoms with van der Waals surface area (Å²) >= 11 is 0. The average Bonchev–Trinajstić information content (AvgIpc) is 2.91. The minimum Gasteiger partial charge on any atom is -0.497 e. The van der Waals surface area contributed by atoms with E-state index >= 15 is 0 Å². The van der Waals surface area contributed by atoms with Crippen LogP contribution in [0.4, 0.5) is 0 Å². The molecule has 0 atom stereocenters. The van der Waals surface area contributed by atoms with Crippen LogP contribution in [0.2, 0.25) is 0 Å². The molecule has 0 saturated carbocycles. The number of nitrogens with one attached hydrogen (secondary N) is 1. The molecule has 2 rings (SSSR count). The Morgan fingerprint density at radius 3 is 2.86 bits per heavy atom. The Labute approximate surface area is 125 Å². The molecule has 0 unspecified atom stereocenters. The molecule has 114 valence electrons. The Balaban J connectivity index is 2.00. The van der Waals surface area contributed by atoms with Crippen LogP contribution >= 0.6 is 0 Å². The predicted molar refractivity (Wildman–Crippen MR) is 82.8 cm³/mol. The lowest BCUT2D eigenvalue weighted by atomic mass is 10.2. The maximum atomic E-state index is 5.94. The van der Waals surface area contributed by atoms with Crippen molar-refractivity contribution in [2.75, 3.05) is 20.3 Å². The fourth-order valence-corrected chi connectivity index (χ4v) is 2.10. The smallest absolute Gasteiger partial charge is 0.127 e. The number of rotatable bonds is 8. The van der Waals surface area contributed by atoms with E-state index in [1.54, 1.807) is 13.3 Å². The molecule has 0 aliphatic carbocycles. The highest BCUT2D eigenvalue weighted by atomic mass is 16.5. The summed E-state index contributed by atoms with van der Waals surface area (Å²) < 4.78 is 13.3. The lowest BCUT2D eigenvalue weighted by Crippen LogP contribution is -2.14. The summed E-state index contributed by atoms with van der Waals surface area (Å²) in [7, 11) is 1.66. The van der Waals surface area contributed by atoms with E-state index in [2.05, 4.69) is 21.8 Å². The Hall–Kier alpha value is -2.01. The zero-order valence-electron chi connectivity index (χ0n) is 12.9. The van der Waals surface area contributed by atoms with E-state index in [0.29, 0.717) is 6.61 Å². The van der Waals surface area contributed by atoms with Crippen molar-refractivity contribution in [3.63, 3.8) is 0 Å². The molecule has 1 aromatic carbocycles. The largest absolute Gasteiger partial charge is 0.497 e. The third-order valence-electron chi connectivity index (χ3n) is 3.35. The van der Waals surface area contributed by atoms with Crippen molar-refractivity contribution in [2.45, 2.75) is 26.9 Å². The van der Waals surface area contributed by atoms with E-state index in [-0.39, 0.29) is 0 Å². The van der Waals surface area contributed by atoms with Gasteiger partial charge in [-0.2, -0.15) is 0 Å². The van der Waals surface area contributed by atoms with Crippen molar-refractivity contribution in [1.82, 2.24) is 14.9 Å². The molecule has 21 heavy (non-hydrogen) atoms. The highest BCUT2D eigenvalue weighted by Crippen LogP contribution is 2.25. The van der Waals surface area contributed by atoms with Crippen LogP contribution in [0.1, 0.15) is 18.3 Å². The normalized spacial score (nSPS) is 10.6. The lowest BCUT2D eigenvalue weighted by Gasteiger charge is -2.14. The first-order chi connectivity index (χ1) is 10.2.